The molecule has 9 heteroatoms. The number of rotatable bonds is 15. The highest BCUT2D eigenvalue weighted by Gasteiger charge is 2.46. The third-order valence-corrected chi connectivity index (χ3v) is 17.2. The molecular formula is C50H81N3O6. The van der Waals surface area contributed by atoms with E-state index in [1.807, 2.05) is 0 Å². The highest BCUT2D eigenvalue weighted by Crippen LogP contribution is 2.52. The summed E-state index contributed by atoms with van der Waals surface area (Å²) in [6.07, 6.45) is 26.8. The summed E-state index contributed by atoms with van der Waals surface area (Å²) in [5.74, 6) is 9.49. The molecule has 59 heavy (non-hydrogen) atoms. The predicted octanol–water partition coefficient (Wildman–Crippen LogP) is 6.99. The van der Waals surface area contributed by atoms with Crippen molar-refractivity contribution < 1.29 is 29.6 Å². The van der Waals surface area contributed by atoms with Gasteiger partial charge in [-0.25, -0.2) is 0 Å². The Balaban J connectivity index is 1.01. The summed E-state index contributed by atoms with van der Waals surface area (Å²) in [6, 6.07) is 0.351. The molecule has 7 rings (SSSR count). The molecular weight excluding hydrogens is 739 g/mol. The van der Waals surface area contributed by atoms with Crippen LogP contribution in [0.15, 0.2) is 12.2 Å². The van der Waals surface area contributed by atoms with Gasteiger partial charge in [0, 0.05) is 38.3 Å². The average Bonchev–Trinajstić information content (AvgIpc) is 3.74. The SMILES string of the molecule is COC1CC2CCC(=O)C(C(O)CCCC3(C4CNC5CC(=O)CCC5C4)CCCC3)C#CC(CCC(O)CC(C=CC3CCCCC3)C3CCNC(N)C3)C2CC1O. The van der Waals surface area contributed by atoms with Gasteiger partial charge in [-0.2, -0.15) is 0 Å². The van der Waals surface area contributed by atoms with Gasteiger partial charge in [0.15, 0.2) is 0 Å². The van der Waals surface area contributed by atoms with E-state index in [2.05, 4.69) is 34.6 Å². The first-order chi connectivity index (χ1) is 28.6. The molecule has 0 aromatic rings. The first-order valence-electron chi connectivity index (χ1n) is 24.6. The monoisotopic (exact) mass is 820 g/mol. The zero-order chi connectivity index (χ0) is 41.4. The first kappa shape index (κ1) is 45.4. The molecule has 7 N–H and O–H groups in total. The number of nitrogens with one attached hydrogen (secondary N) is 2. The molecule has 332 valence electrons. The van der Waals surface area contributed by atoms with Crippen molar-refractivity contribution in [2.45, 2.75) is 197 Å². The summed E-state index contributed by atoms with van der Waals surface area (Å²) in [7, 11) is 1.66. The predicted molar refractivity (Wildman–Crippen MR) is 233 cm³/mol. The topological polar surface area (TPSA) is 154 Å². The fourth-order valence-electron chi connectivity index (χ4n) is 13.6. The van der Waals surface area contributed by atoms with Crippen molar-refractivity contribution in [3.8, 4) is 11.8 Å². The van der Waals surface area contributed by atoms with Gasteiger partial charge < -0.3 is 36.4 Å². The lowest BCUT2D eigenvalue weighted by molar-refractivity contribution is -0.125. The van der Waals surface area contributed by atoms with Gasteiger partial charge in [0.1, 0.15) is 17.5 Å². The number of aliphatic hydroxyl groups is 3. The van der Waals surface area contributed by atoms with Crippen molar-refractivity contribution in [1.29, 1.82) is 0 Å². The zero-order valence-corrected chi connectivity index (χ0v) is 36.6. The summed E-state index contributed by atoms with van der Waals surface area (Å²) in [4.78, 5) is 26.1. The van der Waals surface area contributed by atoms with E-state index in [9.17, 15) is 24.9 Å². The van der Waals surface area contributed by atoms with Crippen LogP contribution in [-0.4, -0.2) is 83.7 Å². The molecule has 14 unspecified atom stereocenters. The molecule has 0 aromatic carbocycles. The highest BCUT2D eigenvalue weighted by molar-refractivity contribution is 5.84. The van der Waals surface area contributed by atoms with Crippen LogP contribution in [-0.2, 0) is 14.3 Å². The second kappa shape index (κ2) is 21.6. The Kier molecular flexibility index (Phi) is 16.6. The Morgan fingerprint density at radius 3 is 2.49 bits per heavy atom. The molecule has 7 aliphatic rings. The van der Waals surface area contributed by atoms with E-state index in [1.165, 1.54) is 64.2 Å². The second-order valence-corrected chi connectivity index (χ2v) is 20.9. The number of piperidine rings is 2. The molecule has 2 aliphatic heterocycles. The van der Waals surface area contributed by atoms with E-state index in [4.69, 9.17) is 10.5 Å². The van der Waals surface area contributed by atoms with Crippen molar-refractivity contribution in [2.24, 2.45) is 64.4 Å². The fraction of sp³-hybridized carbons (Fsp3) is 0.880. The van der Waals surface area contributed by atoms with Gasteiger partial charge >= 0.3 is 0 Å². The number of carbonyl (C=O) groups is 2. The van der Waals surface area contributed by atoms with Crippen LogP contribution in [0.2, 0.25) is 0 Å². The standard InChI is InChI=1S/C50H81N3O6/c1-59-48-28-37-16-20-46(57)42(45(56)10-7-24-50(22-5-6-23-50)39-26-38-14-18-41(55)30-44(38)53-32-39)19-15-34(43(37)31-47(48)58)13-17-40(54)27-35(36-21-25-52-49(51)29-36)12-11-33-8-3-2-4-9-33/h11-12,33-40,42-45,47-49,52-54,56,58H,2-10,13-14,16-18,20-32,51H2,1H3. The molecule has 14 atom stereocenters. The summed E-state index contributed by atoms with van der Waals surface area (Å²) in [5, 5.41) is 41.9. The highest BCUT2D eigenvalue weighted by atomic mass is 16.5. The Bertz CT molecular complexity index is 1450. The number of Topliss-reactive ketones (excluding diaryl/α,β-unsaturated/α-hetero) is 2. The Morgan fingerprint density at radius 1 is 0.915 bits per heavy atom. The molecule has 4 saturated carbocycles. The molecule has 0 spiro atoms. The van der Waals surface area contributed by atoms with Gasteiger partial charge in [0.25, 0.3) is 0 Å². The van der Waals surface area contributed by atoms with E-state index in [1.54, 1.807) is 7.11 Å². The molecule has 0 aromatic heterocycles. The third kappa shape index (κ3) is 11.9. The number of hydrogen-bond acceptors (Lipinski definition) is 9. The summed E-state index contributed by atoms with van der Waals surface area (Å²) in [6.45, 7) is 1.90. The quantitative estimate of drug-likeness (QED) is 0.0758. The molecule has 6 fully saturated rings. The van der Waals surface area contributed by atoms with Crippen LogP contribution in [0.25, 0.3) is 0 Å². The Hall–Kier alpha value is -1.64. The first-order valence-corrected chi connectivity index (χ1v) is 24.6. The number of ether oxygens (including phenoxy) is 1. The van der Waals surface area contributed by atoms with Gasteiger partial charge in [-0.1, -0.05) is 62.5 Å². The summed E-state index contributed by atoms with van der Waals surface area (Å²) < 4.78 is 5.73. The molecule has 2 heterocycles. The number of carbonyl (C=O) groups excluding carboxylic acids is 2. The van der Waals surface area contributed by atoms with E-state index in [-0.39, 0.29) is 47.1 Å². The lowest BCUT2D eigenvalue weighted by Crippen LogP contribution is -2.52. The lowest BCUT2D eigenvalue weighted by atomic mass is 9.63. The fourth-order valence-corrected chi connectivity index (χ4v) is 13.6. The Morgan fingerprint density at radius 2 is 1.71 bits per heavy atom. The van der Waals surface area contributed by atoms with Crippen molar-refractivity contribution in [1.82, 2.24) is 10.6 Å². The van der Waals surface area contributed by atoms with E-state index in [0.717, 1.165) is 51.6 Å². The van der Waals surface area contributed by atoms with E-state index < -0.39 is 24.2 Å². The minimum Gasteiger partial charge on any atom is -0.393 e. The number of methoxy groups -OCH3 is 1. The largest absolute Gasteiger partial charge is 0.393 e. The molecule has 0 radical (unpaired) electrons. The van der Waals surface area contributed by atoms with E-state index in [0.29, 0.717) is 93.3 Å². The van der Waals surface area contributed by atoms with Gasteiger partial charge in [-0.05, 0) is 163 Å². The maximum Gasteiger partial charge on any atom is 0.150 e. The van der Waals surface area contributed by atoms with Gasteiger partial charge in [0.2, 0.25) is 0 Å². The number of ketones is 2. The molecule has 0 amide bonds. The van der Waals surface area contributed by atoms with Crippen LogP contribution >= 0.6 is 0 Å². The summed E-state index contributed by atoms with van der Waals surface area (Å²) in [5.41, 5.74) is 6.66. The molecule has 9 nitrogen and oxygen atoms in total. The number of nitrogens with two attached hydrogens (primary N) is 1. The van der Waals surface area contributed by atoms with Crippen molar-refractivity contribution in [3.05, 3.63) is 12.2 Å². The molecule has 2 saturated heterocycles. The average molecular weight is 820 g/mol. The van der Waals surface area contributed by atoms with Crippen LogP contribution in [0.5, 0.6) is 0 Å². The van der Waals surface area contributed by atoms with Gasteiger partial charge in [-0.15, -0.1) is 0 Å². The van der Waals surface area contributed by atoms with Crippen molar-refractivity contribution >= 4 is 11.6 Å². The van der Waals surface area contributed by atoms with Crippen LogP contribution in [0.4, 0.5) is 0 Å². The number of fused-ring (bicyclic) bond motifs is 2. The normalized spacial score (nSPS) is 38.6. The smallest absolute Gasteiger partial charge is 0.150 e. The third-order valence-electron chi connectivity index (χ3n) is 17.2. The Labute approximate surface area is 356 Å². The second-order valence-electron chi connectivity index (χ2n) is 20.9. The molecule has 5 aliphatic carbocycles. The van der Waals surface area contributed by atoms with Crippen LogP contribution in [0.1, 0.15) is 161 Å². The van der Waals surface area contributed by atoms with Crippen molar-refractivity contribution in [3.63, 3.8) is 0 Å². The van der Waals surface area contributed by atoms with E-state index >= 15 is 0 Å². The summed E-state index contributed by atoms with van der Waals surface area (Å²) >= 11 is 0. The number of aliphatic hydroxyl groups excluding tert-OH is 3. The van der Waals surface area contributed by atoms with Crippen LogP contribution in [0.3, 0.4) is 0 Å². The van der Waals surface area contributed by atoms with Crippen molar-refractivity contribution in [2.75, 3.05) is 20.2 Å². The minimum atomic E-state index is -0.802. The lowest BCUT2D eigenvalue weighted by Gasteiger charge is -2.47. The van der Waals surface area contributed by atoms with Gasteiger partial charge in [-0.3, -0.25) is 9.59 Å². The maximum atomic E-state index is 13.9. The zero-order valence-electron chi connectivity index (χ0n) is 36.6. The maximum absolute atomic E-state index is 13.9. The van der Waals surface area contributed by atoms with Crippen LogP contribution < -0.4 is 16.4 Å². The van der Waals surface area contributed by atoms with Crippen LogP contribution in [0, 0.1) is 70.5 Å². The molecule has 0 bridgehead atoms. The number of allylic oxidation sites excluding steroid dienone is 2. The minimum absolute atomic E-state index is 0.00128. The number of hydrogen-bond donors (Lipinski definition) is 6. The van der Waals surface area contributed by atoms with Gasteiger partial charge in [0.05, 0.1) is 30.6 Å².